The second-order valence-corrected chi connectivity index (χ2v) is 5.45. The van der Waals surface area contributed by atoms with Crippen LogP contribution in [0.4, 0.5) is 0 Å². The molecular weight excluding hydrogens is 308 g/mol. The Morgan fingerprint density at radius 2 is 1.96 bits per heavy atom. The third-order valence-electron chi connectivity index (χ3n) is 3.93. The minimum Gasteiger partial charge on any atom is -0.497 e. The van der Waals surface area contributed by atoms with Crippen molar-refractivity contribution in [2.75, 3.05) is 13.7 Å². The van der Waals surface area contributed by atoms with E-state index in [1.807, 2.05) is 0 Å². The summed E-state index contributed by atoms with van der Waals surface area (Å²) >= 11 is 0. The number of fused-ring (bicyclic) bond motifs is 1. The first kappa shape index (κ1) is 15.9. The molecule has 0 saturated carbocycles. The van der Waals surface area contributed by atoms with Crippen LogP contribution in [0.3, 0.4) is 0 Å². The van der Waals surface area contributed by atoms with Gasteiger partial charge >= 0.3 is 0 Å². The quantitative estimate of drug-likeness (QED) is 0.861. The number of carbonyl (C=O) groups is 3. The Labute approximate surface area is 139 Å². The number of ketones is 1. The van der Waals surface area contributed by atoms with Crippen LogP contribution in [0.15, 0.2) is 42.6 Å². The van der Waals surface area contributed by atoms with E-state index in [2.05, 4.69) is 4.98 Å². The number of hydrogen-bond acceptors (Lipinski definition) is 5. The molecular formula is C18H16N2O4. The average molecular weight is 324 g/mol. The van der Waals surface area contributed by atoms with Crippen LogP contribution in [0.5, 0.6) is 5.75 Å². The SMILES string of the molecule is COc1ccc(CC(=O)N2CCC(=O)c3cccnc3C2=O)cc1. The molecule has 1 aliphatic heterocycles. The summed E-state index contributed by atoms with van der Waals surface area (Å²) in [6.07, 6.45) is 1.63. The van der Waals surface area contributed by atoms with Gasteiger partial charge in [0, 0.05) is 24.7 Å². The molecule has 3 rings (SSSR count). The highest BCUT2D eigenvalue weighted by Crippen LogP contribution is 2.18. The lowest BCUT2D eigenvalue weighted by molar-refractivity contribution is -0.127. The Kier molecular flexibility index (Phi) is 4.37. The first-order valence-corrected chi connectivity index (χ1v) is 7.56. The molecule has 1 aromatic heterocycles. The van der Waals surface area contributed by atoms with Crippen molar-refractivity contribution in [2.24, 2.45) is 0 Å². The smallest absolute Gasteiger partial charge is 0.279 e. The van der Waals surface area contributed by atoms with E-state index in [4.69, 9.17) is 4.74 Å². The van der Waals surface area contributed by atoms with Crippen LogP contribution in [0.1, 0.15) is 32.8 Å². The number of imide groups is 1. The number of hydrogen-bond donors (Lipinski definition) is 0. The number of rotatable bonds is 3. The van der Waals surface area contributed by atoms with Crippen LogP contribution in [-0.4, -0.2) is 41.1 Å². The highest BCUT2D eigenvalue weighted by Gasteiger charge is 2.31. The fourth-order valence-electron chi connectivity index (χ4n) is 2.63. The maximum atomic E-state index is 12.6. The van der Waals surface area contributed by atoms with E-state index in [0.29, 0.717) is 5.75 Å². The number of benzene rings is 1. The van der Waals surface area contributed by atoms with E-state index < -0.39 is 5.91 Å². The van der Waals surface area contributed by atoms with E-state index in [1.165, 1.54) is 6.20 Å². The largest absolute Gasteiger partial charge is 0.497 e. The molecule has 0 aliphatic carbocycles. The zero-order chi connectivity index (χ0) is 17.1. The van der Waals surface area contributed by atoms with Crippen molar-refractivity contribution in [3.8, 4) is 5.75 Å². The predicted octanol–water partition coefficient (Wildman–Crippen LogP) is 1.89. The van der Waals surface area contributed by atoms with Gasteiger partial charge in [-0.2, -0.15) is 0 Å². The van der Waals surface area contributed by atoms with Gasteiger partial charge in [-0.1, -0.05) is 12.1 Å². The molecule has 0 saturated heterocycles. The van der Waals surface area contributed by atoms with Gasteiger partial charge in [-0.25, -0.2) is 0 Å². The second-order valence-electron chi connectivity index (χ2n) is 5.45. The van der Waals surface area contributed by atoms with Gasteiger partial charge in [0.1, 0.15) is 11.4 Å². The Morgan fingerprint density at radius 3 is 2.67 bits per heavy atom. The van der Waals surface area contributed by atoms with Crippen LogP contribution in [0.2, 0.25) is 0 Å². The molecule has 2 aromatic rings. The van der Waals surface area contributed by atoms with Gasteiger partial charge in [0.15, 0.2) is 5.78 Å². The molecule has 0 bridgehead atoms. The van der Waals surface area contributed by atoms with Crippen molar-refractivity contribution >= 4 is 17.6 Å². The number of carbonyl (C=O) groups excluding carboxylic acids is 3. The van der Waals surface area contributed by atoms with Gasteiger partial charge < -0.3 is 4.74 Å². The number of aromatic nitrogens is 1. The molecule has 24 heavy (non-hydrogen) atoms. The number of pyridine rings is 1. The Morgan fingerprint density at radius 1 is 1.21 bits per heavy atom. The molecule has 0 fully saturated rings. The zero-order valence-electron chi connectivity index (χ0n) is 13.2. The summed E-state index contributed by atoms with van der Waals surface area (Å²) in [5.41, 5.74) is 1.09. The number of amides is 2. The molecule has 2 amide bonds. The topological polar surface area (TPSA) is 76.6 Å². The summed E-state index contributed by atoms with van der Waals surface area (Å²) in [4.78, 5) is 42.3. The van der Waals surface area contributed by atoms with Gasteiger partial charge in [0.05, 0.1) is 13.5 Å². The van der Waals surface area contributed by atoms with Crippen molar-refractivity contribution in [1.29, 1.82) is 0 Å². The van der Waals surface area contributed by atoms with Gasteiger partial charge in [-0.15, -0.1) is 0 Å². The number of ether oxygens (including phenoxy) is 1. The standard InChI is InChI=1S/C18H16N2O4/c1-24-13-6-4-12(5-7-13)11-16(22)20-10-8-15(21)14-3-2-9-19-17(14)18(20)23/h2-7,9H,8,10-11H2,1H3. The number of methoxy groups -OCH3 is 1. The van der Waals surface area contributed by atoms with Crippen LogP contribution in [0.25, 0.3) is 0 Å². The lowest BCUT2D eigenvalue weighted by Gasteiger charge is -2.18. The van der Waals surface area contributed by atoms with E-state index in [9.17, 15) is 14.4 Å². The van der Waals surface area contributed by atoms with Gasteiger partial charge in [0.2, 0.25) is 5.91 Å². The monoisotopic (exact) mass is 324 g/mol. The molecule has 6 heteroatoms. The first-order valence-electron chi connectivity index (χ1n) is 7.56. The highest BCUT2D eigenvalue weighted by atomic mass is 16.5. The summed E-state index contributed by atoms with van der Waals surface area (Å²) in [5.74, 6) is -0.349. The Balaban J connectivity index is 1.82. The lowest BCUT2D eigenvalue weighted by Crippen LogP contribution is -2.38. The van der Waals surface area contributed by atoms with E-state index in [1.54, 1.807) is 43.5 Å². The predicted molar refractivity (Wildman–Crippen MR) is 85.9 cm³/mol. The fraction of sp³-hybridized carbons (Fsp3) is 0.222. The zero-order valence-corrected chi connectivity index (χ0v) is 13.2. The molecule has 1 aromatic carbocycles. The summed E-state index contributed by atoms with van der Waals surface area (Å²) in [7, 11) is 1.57. The first-order chi connectivity index (χ1) is 11.6. The van der Waals surface area contributed by atoms with Crippen molar-refractivity contribution < 1.29 is 19.1 Å². The third-order valence-corrected chi connectivity index (χ3v) is 3.93. The Hall–Kier alpha value is -3.02. The van der Waals surface area contributed by atoms with Crippen molar-refractivity contribution in [3.05, 3.63) is 59.4 Å². The minimum atomic E-state index is -0.519. The van der Waals surface area contributed by atoms with E-state index in [-0.39, 0.29) is 42.3 Å². The second kappa shape index (κ2) is 6.62. The molecule has 122 valence electrons. The summed E-state index contributed by atoms with van der Waals surface area (Å²) in [5, 5.41) is 0. The molecule has 0 N–H and O–H groups in total. The van der Waals surface area contributed by atoms with Crippen LogP contribution in [-0.2, 0) is 11.2 Å². The molecule has 1 aliphatic rings. The molecule has 0 radical (unpaired) electrons. The molecule has 6 nitrogen and oxygen atoms in total. The normalized spacial score (nSPS) is 14.1. The van der Waals surface area contributed by atoms with Gasteiger partial charge in [0.25, 0.3) is 5.91 Å². The van der Waals surface area contributed by atoms with Crippen LogP contribution < -0.4 is 4.74 Å². The van der Waals surface area contributed by atoms with Gasteiger partial charge in [-0.3, -0.25) is 24.3 Å². The number of nitrogens with zero attached hydrogens (tertiary/aromatic N) is 2. The lowest BCUT2D eigenvalue weighted by atomic mass is 10.1. The maximum absolute atomic E-state index is 12.6. The van der Waals surface area contributed by atoms with Crippen molar-refractivity contribution in [2.45, 2.75) is 12.8 Å². The van der Waals surface area contributed by atoms with Crippen molar-refractivity contribution in [1.82, 2.24) is 9.88 Å². The molecule has 0 atom stereocenters. The maximum Gasteiger partial charge on any atom is 0.279 e. The van der Waals surface area contributed by atoms with Crippen LogP contribution >= 0.6 is 0 Å². The van der Waals surface area contributed by atoms with E-state index >= 15 is 0 Å². The molecule has 2 heterocycles. The molecule has 0 spiro atoms. The van der Waals surface area contributed by atoms with Gasteiger partial charge in [-0.05, 0) is 29.8 Å². The summed E-state index contributed by atoms with van der Waals surface area (Å²) < 4.78 is 5.08. The Bertz CT molecular complexity index is 799. The van der Waals surface area contributed by atoms with Crippen molar-refractivity contribution in [3.63, 3.8) is 0 Å². The minimum absolute atomic E-state index is 0.0445. The summed E-state index contributed by atoms with van der Waals surface area (Å²) in [6, 6.07) is 10.2. The molecule has 0 unspecified atom stereocenters. The van der Waals surface area contributed by atoms with Crippen LogP contribution in [0, 0.1) is 0 Å². The number of Topliss-reactive ketones (excluding diaryl/α,β-unsaturated/α-hetero) is 1. The highest BCUT2D eigenvalue weighted by molar-refractivity contribution is 6.13. The van der Waals surface area contributed by atoms with E-state index in [0.717, 1.165) is 10.5 Å². The third kappa shape index (κ3) is 3.03. The summed E-state index contributed by atoms with van der Waals surface area (Å²) in [6.45, 7) is 0.0724. The average Bonchev–Trinajstić information content (AvgIpc) is 2.73. The fourth-order valence-corrected chi connectivity index (χ4v) is 2.63.